The smallest absolute Gasteiger partial charge is 0.0900 e. The van der Waals surface area contributed by atoms with Gasteiger partial charge in [-0.15, -0.1) is 0 Å². The first-order valence-electron chi connectivity index (χ1n) is 5.74. The fourth-order valence-corrected chi connectivity index (χ4v) is 1.57. The summed E-state index contributed by atoms with van der Waals surface area (Å²) in [6, 6.07) is 0. The number of rotatable bonds is 6. The fourth-order valence-electron chi connectivity index (χ4n) is 1.57. The Kier molecular flexibility index (Phi) is 6.17. The summed E-state index contributed by atoms with van der Waals surface area (Å²) < 4.78 is 10.6. The Morgan fingerprint density at radius 2 is 1.93 bits per heavy atom. The normalized spacial score (nSPS) is 20.8. The first kappa shape index (κ1) is 12.9. The van der Waals surface area contributed by atoms with Crippen LogP contribution in [0.15, 0.2) is 0 Å². The second-order valence-electron chi connectivity index (χ2n) is 4.50. The lowest BCUT2D eigenvalue weighted by molar-refractivity contribution is -0.0180. The maximum atomic E-state index is 9.71. The molecule has 1 atom stereocenters. The summed E-state index contributed by atoms with van der Waals surface area (Å²) in [7, 11) is 0. The van der Waals surface area contributed by atoms with Gasteiger partial charge in [0.15, 0.2) is 0 Å². The molecular formula is C11H23NO3. The van der Waals surface area contributed by atoms with Gasteiger partial charge in [-0.2, -0.15) is 0 Å². The minimum Gasteiger partial charge on any atom is -0.389 e. The van der Waals surface area contributed by atoms with Crippen molar-refractivity contribution in [2.24, 2.45) is 5.92 Å². The van der Waals surface area contributed by atoms with Gasteiger partial charge in [0, 0.05) is 26.2 Å². The van der Waals surface area contributed by atoms with Crippen LogP contribution in [0.1, 0.15) is 13.8 Å². The molecule has 0 spiro atoms. The summed E-state index contributed by atoms with van der Waals surface area (Å²) in [5.74, 6) is 0.528. The molecule has 1 unspecified atom stereocenters. The van der Waals surface area contributed by atoms with Crippen LogP contribution in [0.4, 0.5) is 0 Å². The Morgan fingerprint density at radius 1 is 1.27 bits per heavy atom. The molecule has 0 aromatic heterocycles. The van der Waals surface area contributed by atoms with Gasteiger partial charge in [-0.1, -0.05) is 13.8 Å². The molecule has 0 aliphatic carbocycles. The summed E-state index contributed by atoms with van der Waals surface area (Å²) in [4.78, 5) is 2.22. The van der Waals surface area contributed by atoms with E-state index in [9.17, 15) is 5.11 Å². The molecule has 4 heteroatoms. The maximum absolute atomic E-state index is 9.71. The van der Waals surface area contributed by atoms with E-state index in [1.807, 2.05) is 0 Å². The highest BCUT2D eigenvalue weighted by Crippen LogP contribution is 2.00. The molecule has 0 saturated carbocycles. The molecule has 1 fully saturated rings. The summed E-state index contributed by atoms with van der Waals surface area (Å²) in [5.41, 5.74) is 0. The van der Waals surface area contributed by atoms with Gasteiger partial charge in [-0.25, -0.2) is 0 Å². The van der Waals surface area contributed by atoms with E-state index in [2.05, 4.69) is 18.7 Å². The topological polar surface area (TPSA) is 41.9 Å². The van der Waals surface area contributed by atoms with Gasteiger partial charge in [0.25, 0.3) is 0 Å². The molecule has 0 aromatic rings. The molecule has 1 saturated heterocycles. The number of hydrogen-bond acceptors (Lipinski definition) is 4. The fraction of sp³-hybridized carbons (Fsp3) is 1.00. The van der Waals surface area contributed by atoms with Crippen molar-refractivity contribution in [3.8, 4) is 0 Å². The van der Waals surface area contributed by atoms with Gasteiger partial charge in [0.2, 0.25) is 0 Å². The second kappa shape index (κ2) is 7.17. The van der Waals surface area contributed by atoms with Gasteiger partial charge in [-0.05, 0) is 5.92 Å². The Balaban J connectivity index is 2.03. The van der Waals surface area contributed by atoms with Crippen LogP contribution in [0.2, 0.25) is 0 Å². The van der Waals surface area contributed by atoms with Gasteiger partial charge >= 0.3 is 0 Å². The van der Waals surface area contributed by atoms with Crippen LogP contribution in [0.5, 0.6) is 0 Å². The number of hydrogen-bond donors (Lipinski definition) is 1. The largest absolute Gasteiger partial charge is 0.389 e. The molecular weight excluding hydrogens is 194 g/mol. The van der Waals surface area contributed by atoms with Crippen LogP contribution >= 0.6 is 0 Å². The van der Waals surface area contributed by atoms with Crippen molar-refractivity contribution < 1.29 is 14.6 Å². The molecule has 1 aliphatic rings. The summed E-state index contributed by atoms with van der Waals surface area (Å²) >= 11 is 0. The van der Waals surface area contributed by atoms with Gasteiger partial charge in [0.05, 0.1) is 25.9 Å². The Bertz CT molecular complexity index is 158. The third-order valence-corrected chi connectivity index (χ3v) is 2.33. The number of β-amino-alcohol motifs (C(OH)–C–C–N with tert-alkyl or cyclic N) is 1. The van der Waals surface area contributed by atoms with Crippen LogP contribution in [0.25, 0.3) is 0 Å². The lowest BCUT2D eigenvalue weighted by Gasteiger charge is -2.28. The highest BCUT2D eigenvalue weighted by atomic mass is 16.5. The maximum Gasteiger partial charge on any atom is 0.0900 e. The minimum absolute atomic E-state index is 0.373. The summed E-state index contributed by atoms with van der Waals surface area (Å²) in [6.07, 6.45) is -0.373. The Labute approximate surface area is 92.2 Å². The Hall–Kier alpha value is -0.160. The van der Waals surface area contributed by atoms with E-state index in [1.165, 1.54) is 0 Å². The highest BCUT2D eigenvalue weighted by Gasteiger charge is 2.14. The van der Waals surface area contributed by atoms with E-state index in [-0.39, 0.29) is 6.10 Å². The number of aliphatic hydroxyl groups is 1. The second-order valence-corrected chi connectivity index (χ2v) is 4.50. The lowest BCUT2D eigenvalue weighted by atomic mass is 10.2. The molecule has 1 heterocycles. The molecule has 15 heavy (non-hydrogen) atoms. The van der Waals surface area contributed by atoms with Crippen LogP contribution in [-0.4, -0.2) is 62.2 Å². The predicted molar refractivity (Wildman–Crippen MR) is 58.9 cm³/mol. The highest BCUT2D eigenvalue weighted by molar-refractivity contribution is 4.66. The van der Waals surface area contributed by atoms with Gasteiger partial charge < -0.3 is 14.6 Å². The monoisotopic (exact) mass is 217 g/mol. The van der Waals surface area contributed by atoms with Crippen molar-refractivity contribution in [3.05, 3.63) is 0 Å². The van der Waals surface area contributed by atoms with E-state index in [0.29, 0.717) is 19.1 Å². The van der Waals surface area contributed by atoms with Crippen LogP contribution in [0.3, 0.4) is 0 Å². The molecule has 1 rings (SSSR count). The van der Waals surface area contributed by atoms with Gasteiger partial charge in [-0.3, -0.25) is 4.90 Å². The molecule has 4 nitrogen and oxygen atoms in total. The van der Waals surface area contributed by atoms with Crippen molar-refractivity contribution in [1.82, 2.24) is 4.90 Å². The number of aliphatic hydroxyl groups excluding tert-OH is 1. The average Bonchev–Trinajstić information content (AvgIpc) is 2.18. The van der Waals surface area contributed by atoms with E-state index >= 15 is 0 Å². The van der Waals surface area contributed by atoms with Crippen molar-refractivity contribution in [2.75, 3.05) is 46.1 Å². The number of morpholine rings is 1. The molecule has 1 aliphatic heterocycles. The molecule has 90 valence electrons. The SMILES string of the molecule is CC(C)COCC(O)CN1CCOCC1. The lowest BCUT2D eigenvalue weighted by Crippen LogP contribution is -2.42. The third-order valence-electron chi connectivity index (χ3n) is 2.33. The molecule has 0 aromatic carbocycles. The first-order chi connectivity index (χ1) is 7.18. The predicted octanol–water partition coefficient (Wildman–Crippen LogP) is 0.352. The summed E-state index contributed by atoms with van der Waals surface area (Å²) in [6.45, 7) is 9.46. The van der Waals surface area contributed by atoms with Crippen molar-refractivity contribution in [2.45, 2.75) is 20.0 Å². The van der Waals surface area contributed by atoms with E-state index < -0.39 is 0 Å². The summed E-state index contributed by atoms with van der Waals surface area (Å²) in [5, 5.41) is 9.71. The number of nitrogens with zero attached hydrogens (tertiary/aromatic N) is 1. The van der Waals surface area contributed by atoms with E-state index in [0.717, 1.165) is 32.9 Å². The minimum atomic E-state index is -0.373. The standard InChI is InChI=1S/C11H23NO3/c1-10(2)8-15-9-11(13)7-12-3-5-14-6-4-12/h10-11,13H,3-9H2,1-2H3. The molecule has 0 amide bonds. The quantitative estimate of drug-likeness (QED) is 0.697. The zero-order chi connectivity index (χ0) is 11.1. The molecule has 1 N–H and O–H groups in total. The van der Waals surface area contributed by atoms with Crippen LogP contribution < -0.4 is 0 Å². The van der Waals surface area contributed by atoms with E-state index in [4.69, 9.17) is 9.47 Å². The zero-order valence-corrected chi connectivity index (χ0v) is 9.82. The van der Waals surface area contributed by atoms with Crippen molar-refractivity contribution in [1.29, 1.82) is 0 Å². The van der Waals surface area contributed by atoms with Crippen LogP contribution in [-0.2, 0) is 9.47 Å². The Morgan fingerprint density at radius 3 is 2.53 bits per heavy atom. The van der Waals surface area contributed by atoms with Crippen molar-refractivity contribution >= 4 is 0 Å². The van der Waals surface area contributed by atoms with Crippen molar-refractivity contribution in [3.63, 3.8) is 0 Å². The van der Waals surface area contributed by atoms with Gasteiger partial charge in [0.1, 0.15) is 0 Å². The average molecular weight is 217 g/mol. The first-order valence-corrected chi connectivity index (χ1v) is 5.74. The third kappa shape index (κ3) is 6.10. The number of ether oxygens (including phenoxy) is 2. The molecule has 0 bridgehead atoms. The van der Waals surface area contributed by atoms with Crippen LogP contribution in [0, 0.1) is 5.92 Å². The molecule has 0 radical (unpaired) electrons. The zero-order valence-electron chi connectivity index (χ0n) is 9.82. The van der Waals surface area contributed by atoms with E-state index in [1.54, 1.807) is 0 Å².